The van der Waals surface area contributed by atoms with Crippen molar-refractivity contribution < 1.29 is 27.1 Å². The van der Waals surface area contributed by atoms with Crippen LogP contribution in [-0.4, -0.2) is 25.5 Å². The molecule has 2 atom stereocenters. The van der Waals surface area contributed by atoms with Gasteiger partial charge in [-0.1, -0.05) is 20.3 Å². The van der Waals surface area contributed by atoms with E-state index in [4.69, 9.17) is 4.42 Å². The van der Waals surface area contributed by atoms with Crippen LogP contribution in [0.25, 0.3) is 11.0 Å². The van der Waals surface area contributed by atoms with Crippen LogP contribution in [0.2, 0.25) is 0 Å². The Hall–Kier alpha value is -1.93. The number of carbonyl (C=O) groups is 1. The second-order valence-corrected chi connectivity index (χ2v) is 7.09. The number of nitrogens with one attached hydrogen (secondary N) is 1. The van der Waals surface area contributed by atoms with Crippen LogP contribution in [0.15, 0.2) is 27.7 Å². The number of sulfonamides is 1. The van der Waals surface area contributed by atoms with E-state index in [1.165, 1.54) is 19.1 Å². The van der Waals surface area contributed by atoms with Crippen LogP contribution in [0.3, 0.4) is 0 Å². The van der Waals surface area contributed by atoms with Crippen LogP contribution in [0.1, 0.15) is 25.8 Å². The number of aliphatic carboxylic acids is 1. The summed E-state index contributed by atoms with van der Waals surface area (Å²) in [5.41, 5.74) is 0.458. The molecule has 0 aliphatic rings. The molecule has 1 aromatic carbocycles. The van der Waals surface area contributed by atoms with Crippen molar-refractivity contribution in [2.75, 3.05) is 0 Å². The number of furan rings is 1. The Balaban J connectivity index is 2.47. The highest BCUT2D eigenvalue weighted by Gasteiger charge is 2.32. The second-order valence-electron chi connectivity index (χ2n) is 5.48. The van der Waals surface area contributed by atoms with Gasteiger partial charge in [-0.25, -0.2) is 12.8 Å². The van der Waals surface area contributed by atoms with Crippen LogP contribution >= 0.6 is 0 Å². The highest BCUT2D eigenvalue weighted by atomic mass is 32.2. The summed E-state index contributed by atoms with van der Waals surface area (Å²) in [5, 5.41) is 9.16. The highest BCUT2D eigenvalue weighted by Crippen LogP contribution is 2.29. The molecule has 0 aliphatic carbocycles. The van der Waals surface area contributed by atoms with E-state index in [0.29, 0.717) is 11.8 Å². The van der Waals surface area contributed by atoms with E-state index in [2.05, 4.69) is 4.72 Å². The van der Waals surface area contributed by atoms with Crippen molar-refractivity contribution in [3.8, 4) is 0 Å². The number of hydrogen-bond donors (Lipinski definition) is 2. The summed E-state index contributed by atoms with van der Waals surface area (Å²) < 4.78 is 45.7. The molecule has 0 saturated carbocycles. The summed E-state index contributed by atoms with van der Waals surface area (Å²) in [6.45, 7) is 4.89. The van der Waals surface area contributed by atoms with Gasteiger partial charge in [-0.05, 0) is 31.0 Å². The van der Waals surface area contributed by atoms with Gasteiger partial charge in [-0.15, -0.1) is 0 Å². The first-order valence-corrected chi connectivity index (χ1v) is 8.59. The van der Waals surface area contributed by atoms with E-state index in [1.807, 2.05) is 0 Å². The number of benzene rings is 1. The number of fused-ring (bicyclic) bond motifs is 1. The van der Waals surface area contributed by atoms with Gasteiger partial charge in [0.05, 0.1) is 0 Å². The topological polar surface area (TPSA) is 96.6 Å². The summed E-state index contributed by atoms with van der Waals surface area (Å²) in [4.78, 5) is 11.3. The van der Waals surface area contributed by atoms with Gasteiger partial charge in [0.25, 0.3) is 10.0 Å². The first-order chi connectivity index (χ1) is 10.7. The van der Waals surface area contributed by atoms with Gasteiger partial charge < -0.3 is 9.52 Å². The molecule has 0 amide bonds. The molecule has 2 N–H and O–H groups in total. The molecule has 0 saturated heterocycles. The van der Waals surface area contributed by atoms with Gasteiger partial charge in [0.1, 0.15) is 17.4 Å². The van der Waals surface area contributed by atoms with Crippen LogP contribution < -0.4 is 4.72 Å². The van der Waals surface area contributed by atoms with Gasteiger partial charge in [0.15, 0.2) is 0 Å². The number of carboxylic acid groups (broad SMARTS) is 1. The Kier molecular flexibility index (Phi) is 4.76. The Morgan fingerprint density at radius 1 is 1.43 bits per heavy atom. The molecule has 0 bridgehead atoms. The molecule has 8 heteroatoms. The summed E-state index contributed by atoms with van der Waals surface area (Å²) in [6, 6.07) is 2.40. The highest BCUT2D eigenvalue weighted by molar-refractivity contribution is 7.89. The molecule has 0 unspecified atom stereocenters. The van der Waals surface area contributed by atoms with Crippen molar-refractivity contribution >= 4 is 27.0 Å². The lowest BCUT2D eigenvalue weighted by Gasteiger charge is -2.19. The van der Waals surface area contributed by atoms with E-state index >= 15 is 0 Å². The molecular weight excluding hydrogens is 325 g/mol. The van der Waals surface area contributed by atoms with Crippen molar-refractivity contribution in [1.82, 2.24) is 4.72 Å². The third kappa shape index (κ3) is 3.37. The molecule has 0 fully saturated rings. The minimum Gasteiger partial charge on any atom is -0.480 e. The number of halogens is 1. The average molecular weight is 343 g/mol. The molecule has 2 rings (SSSR count). The maximum Gasteiger partial charge on any atom is 0.322 e. The van der Waals surface area contributed by atoms with Crippen molar-refractivity contribution in [2.45, 2.75) is 38.3 Å². The van der Waals surface area contributed by atoms with Crippen molar-refractivity contribution in [3.63, 3.8) is 0 Å². The lowest BCUT2D eigenvalue weighted by atomic mass is 10.0. The largest absolute Gasteiger partial charge is 0.480 e. The van der Waals surface area contributed by atoms with Gasteiger partial charge in [-0.2, -0.15) is 4.72 Å². The maximum atomic E-state index is 13.3. The zero-order valence-electron chi connectivity index (χ0n) is 13.0. The minimum atomic E-state index is -4.18. The molecule has 126 valence electrons. The van der Waals surface area contributed by atoms with Gasteiger partial charge in [0, 0.05) is 10.9 Å². The summed E-state index contributed by atoms with van der Waals surface area (Å²) in [6.07, 6.45) is 0.490. The molecule has 1 heterocycles. The monoisotopic (exact) mass is 343 g/mol. The van der Waals surface area contributed by atoms with Crippen LogP contribution in [0.5, 0.6) is 0 Å². The van der Waals surface area contributed by atoms with E-state index in [1.54, 1.807) is 13.8 Å². The van der Waals surface area contributed by atoms with Crippen LogP contribution in [0, 0.1) is 18.7 Å². The first-order valence-electron chi connectivity index (χ1n) is 7.11. The molecular formula is C15H18FNO5S. The molecule has 0 spiro atoms. The van der Waals surface area contributed by atoms with Gasteiger partial charge in [-0.3, -0.25) is 4.79 Å². The standard InChI is InChI=1S/C15H18FNO5S/c1-4-8(2)13(14(18)19)17-23(20,21)15-9(3)11-7-10(16)5-6-12(11)22-15/h5-8,13,17H,4H2,1-3H3,(H,18,19)/t8-,13-/m0/s1. The normalized spacial score (nSPS) is 14.8. The molecule has 6 nitrogen and oxygen atoms in total. The number of carboxylic acids is 1. The number of rotatable bonds is 6. The van der Waals surface area contributed by atoms with Crippen LogP contribution in [0.4, 0.5) is 4.39 Å². The van der Waals surface area contributed by atoms with Gasteiger partial charge >= 0.3 is 5.97 Å². The Morgan fingerprint density at radius 2 is 2.09 bits per heavy atom. The fourth-order valence-electron chi connectivity index (χ4n) is 2.29. The quantitative estimate of drug-likeness (QED) is 0.840. The smallest absolute Gasteiger partial charge is 0.322 e. The van der Waals surface area contributed by atoms with Crippen LogP contribution in [-0.2, 0) is 14.8 Å². The van der Waals surface area contributed by atoms with Gasteiger partial charge in [0.2, 0.25) is 5.09 Å². The Morgan fingerprint density at radius 3 is 2.65 bits per heavy atom. The number of hydrogen-bond acceptors (Lipinski definition) is 4. The number of aryl methyl sites for hydroxylation is 1. The van der Waals surface area contributed by atoms with Crippen molar-refractivity contribution in [3.05, 3.63) is 29.6 Å². The van der Waals surface area contributed by atoms with E-state index in [0.717, 1.165) is 6.07 Å². The van der Waals surface area contributed by atoms with E-state index in [9.17, 15) is 22.7 Å². The fourth-order valence-corrected chi connectivity index (χ4v) is 3.78. The molecule has 1 aromatic heterocycles. The zero-order chi connectivity index (χ0) is 17.4. The molecule has 0 radical (unpaired) electrons. The molecule has 23 heavy (non-hydrogen) atoms. The lowest BCUT2D eigenvalue weighted by Crippen LogP contribution is -2.44. The zero-order valence-corrected chi connectivity index (χ0v) is 13.8. The third-order valence-corrected chi connectivity index (χ3v) is 5.30. The average Bonchev–Trinajstić information content (AvgIpc) is 2.81. The molecule has 0 aliphatic heterocycles. The predicted octanol–water partition coefficient (Wildman–Crippen LogP) is 2.66. The lowest BCUT2D eigenvalue weighted by molar-refractivity contribution is -0.140. The minimum absolute atomic E-state index is 0.222. The fraction of sp³-hybridized carbons (Fsp3) is 0.400. The second kappa shape index (κ2) is 6.29. The summed E-state index contributed by atoms with van der Waals surface area (Å²) >= 11 is 0. The Bertz CT molecular complexity index is 843. The van der Waals surface area contributed by atoms with E-state index in [-0.39, 0.29) is 11.1 Å². The predicted molar refractivity (Wildman–Crippen MR) is 82.1 cm³/mol. The first kappa shape index (κ1) is 17.4. The third-order valence-electron chi connectivity index (χ3n) is 3.86. The maximum absolute atomic E-state index is 13.3. The summed E-state index contributed by atoms with van der Waals surface area (Å²) in [7, 11) is -4.18. The van der Waals surface area contributed by atoms with Crippen molar-refractivity contribution in [1.29, 1.82) is 0 Å². The SMILES string of the molecule is CC[C@H](C)[C@H](NS(=O)(=O)c1oc2ccc(F)cc2c1C)C(=O)O. The van der Waals surface area contributed by atoms with Crippen molar-refractivity contribution in [2.24, 2.45) is 5.92 Å². The molecule has 2 aromatic rings. The Labute approximate surface area is 133 Å². The summed E-state index contributed by atoms with van der Waals surface area (Å²) in [5.74, 6) is -2.17. The van der Waals surface area contributed by atoms with E-state index < -0.39 is 38.9 Å².